The van der Waals surface area contributed by atoms with Gasteiger partial charge in [0.25, 0.3) is 0 Å². The monoisotopic (exact) mass is 1510 g/mol. The molecule has 5 aromatic heterocycles. The summed E-state index contributed by atoms with van der Waals surface area (Å²) in [6, 6.07) is 0. The van der Waals surface area contributed by atoms with Gasteiger partial charge in [-0.2, -0.15) is 0 Å². The maximum absolute atomic E-state index is 11.6. The van der Waals surface area contributed by atoms with Crippen molar-refractivity contribution in [2.24, 2.45) is 5.73 Å². The number of nitrogens with two attached hydrogens (primary N) is 2. The van der Waals surface area contributed by atoms with E-state index in [1.165, 1.54) is 49.2 Å². The Bertz CT molecular complexity index is 3730. The molecule has 9 fully saturated rings. The first-order chi connectivity index (χ1) is 48.5. The van der Waals surface area contributed by atoms with Crippen molar-refractivity contribution >= 4 is 104 Å². The molecule has 8 N–H and O–H groups in total. The van der Waals surface area contributed by atoms with E-state index in [1.807, 2.05) is 20.4 Å². The fourth-order valence-electron chi connectivity index (χ4n) is 10.3. The number of nitrogens with one attached hydrogen (secondary N) is 2. The zero-order valence-corrected chi connectivity index (χ0v) is 63.1. The van der Waals surface area contributed by atoms with Crippen molar-refractivity contribution in [3.8, 4) is 0 Å². The summed E-state index contributed by atoms with van der Waals surface area (Å²) < 4.78 is 23.2. The predicted molar refractivity (Wildman–Crippen MR) is 393 cm³/mol. The minimum atomic E-state index is -3.55. The summed E-state index contributed by atoms with van der Waals surface area (Å²) in [7, 11) is 5.62. The highest BCUT2D eigenvalue weighted by Crippen LogP contribution is 2.53. The van der Waals surface area contributed by atoms with Crippen LogP contribution >= 0.6 is 46.7 Å². The van der Waals surface area contributed by atoms with Crippen LogP contribution in [0.1, 0.15) is 215 Å². The molecule has 102 heavy (non-hydrogen) atoms. The molecule has 0 bridgehead atoms. The Balaban J connectivity index is 0.000000156. The van der Waals surface area contributed by atoms with E-state index < -0.39 is 32.5 Å². The SMILES string of the molecule is CCN(C)CCN.CN(C)CCNc1nc(C2CC2)c(N)c(C2CC2)n1.CN(C)CCNc1nc(C2CC2)c([N+](=O)[O-])c(C2CC2)n1.CS(=O)(=O)c1nc(C2CC2)c([N+](=O)[O-])c(C2CC2)n1.CSc1nc(C2CC2)c([N+](=O)[O-])c(C2CC2)n1.CSc1nc(Cl)c([N+](=O)[O-])c(Cl)n1.OB(O)C1CC1. The van der Waals surface area contributed by atoms with Crippen LogP contribution in [-0.2, 0) is 9.84 Å². The molecule has 14 rings (SSSR count). The van der Waals surface area contributed by atoms with Crippen LogP contribution in [0.2, 0.25) is 16.1 Å². The average Bonchev–Trinajstić information content (AvgIpc) is 1.66. The van der Waals surface area contributed by atoms with Crippen molar-refractivity contribution in [2.75, 3.05) is 116 Å². The van der Waals surface area contributed by atoms with E-state index in [0.717, 1.165) is 165 Å². The van der Waals surface area contributed by atoms with Crippen molar-refractivity contribution in [1.82, 2.24) is 64.5 Å². The fourth-order valence-corrected chi connectivity index (χ4v) is 12.2. The van der Waals surface area contributed by atoms with Crippen LogP contribution in [0.15, 0.2) is 15.5 Å². The molecule has 0 unspecified atom stereocenters. The molecular weight excluding hydrogens is 1420 g/mol. The van der Waals surface area contributed by atoms with Gasteiger partial charge in [0.15, 0.2) is 10.3 Å². The van der Waals surface area contributed by atoms with Gasteiger partial charge in [0, 0.05) is 92.9 Å². The highest BCUT2D eigenvalue weighted by molar-refractivity contribution is 7.98. The minimum absolute atomic E-state index is 0.0152. The topological polar surface area (TPSA) is 462 Å². The van der Waals surface area contributed by atoms with Gasteiger partial charge >= 0.3 is 29.9 Å². The van der Waals surface area contributed by atoms with Gasteiger partial charge in [-0.3, -0.25) is 40.5 Å². The maximum Gasteiger partial charge on any atom is 0.454 e. The Hall–Kier alpha value is -6.55. The van der Waals surface area contributed by atoms with E-state index in [1.54, 1.807) is 6.26 Å². The number of hydrogen-bond acceptors (Lipinski definition) is 31. The molecule has 0 amide bonds. The third-order valence-electron chi connectivity index (χ3n) is 17.5. The van der Waals surface area contributed by atoms with Crippen LogP contribution in [-0.4, -0.2) is 210 Å². The van der Waals surface area contributed by atoms with Crippen molar-refractivity contribution < 1.29 is 38.2 Å². The van der Waals surface area contributed by atoms with Gasteiger partial charge in [0.2, 0.25) is 37.2 Å². The van der Waals surface area contributed by atoms with Crippen LogP contribution in [0.25, 0.3) is 0 Å². The number of nitrogen functional groups attached to an aromatic ring is 1. The first-order valence-electron chi connectivity index (χ1n) is 34.5. The van der Waals surface area contributed by atoms with Gasteiger partial charge in [-0.05, 0) is 163 Å². The predicted octanol–water partition coefficient (Wildman–Crippen LogP) is 10.2. The van der Waals surface area contributed by atoms with E-state index in [-0.39, 0.29) is 71.9 Å². The lowest BCUT2D eigenvalue weighted by atomic mass is 9.84. The van der Waals surface area contributed by atoms with E-state index >= 15 is 0 Å². The summed E-state index contributed by atoms with van der Waals surface area (Å²) in [5.41, 5.74) is 17.7. The largest absolute Gasteiger partial charge is 0.454 e. The number of nitrogens with zero attached hydrogens (tertiary/aromatic N) is 17. The first-order valence-corrected chi connectivity index (χ1v) is 39.6. The zero-order chi connectivity index (χ0) is 74.4. The smallest absolute Gasteiger partial charge is 0.427 e. The van der Waals surface area contributed by atoms with Crippen LogP contribution in [0.5, 0.6) is 0 Å². The maximum atomic E-state index is 11.6. The summed E-state index contributed by atoms with van der Waals surface area (Å²) in [5, 5.41) is 67.5. The van der Waals surface area contributed by atoms with Crippen LogP contribution in [0, 0.1) is 40.5 Å². The molecule has 0 spiro atoms. The van der Waals surface area contributed by atoms with Gasteiger partial charge in [-0.25, -0.2) is 58.3 Å². The summed E-state index contributed by atoms with van der Waals surface area (Å²) in [4.78, 5) is 91.0. The highest BCUT2D eigenvalue weighted by Gasteiger charge is 2.44. The van der Waals surface area contributed by atoms with E-state index in [2.05, 4.69) is 103 Å². The van der Waals surface area contributed by atoms with Crippen LogP contribution in [0.3, 0.4) is 0 Å². The molecular formula is C63H94BCl2N21O12S3. The van der Waals surface area contributed by atoms with Gasteiger partial charge in [-0.15, -0.1) is 0 Å². The molecule has 0 saturated heterocycles. The molecule has 0 aromatic carbocycles. The number of rotatable bonds is 27. The average molecular weight is 1520 g/mol. The van der Waals surface area contributed by atoms with E-state index in [0.29, 0.717) is 74.1 Å². The standard InChI is InChI=1S/C14H21N5O2.C14H23N5.C11H13N3O4S.C11H13N3O2S.C5H3Cl2N3O2S.C5H14N2.C3H7BO2/c1-18(2)8-7-15-14-16-11(9-3-4-9)13(19(20)21)12(17-14)10-5-6-10;1-19(2)8-7-16-14-17-12(9-3-4-9)11(15)13(18-14)10-5-6-10;1-19(17,18)11-12-8(6-2-3-6)10(14(15)16)9(13-11)7-4-5-7;1-17-11-12-8(6-2-3-6)10(14(15)16)9(13-11)7-4-5-7;1-13-5-8-3(6)2(10(11)12)4(7)9-5;1-3-7(2)5-4-6;5-4(6)3-1-2-3/h9-10H,3-8H2,1-2H3,(H,15,16,17);9-10H,3-8,15H2,1-2H3,(H,16,17,18);6-7H,2-5H2,1H3;6-7H,2-5H2,1H3;1H3;3-6H2,1-2H3;3,5-6H,1-2H2. The molecule has 39 heteroatoms. The fraction of sp³-hybridized carbons (Fsp3) is 0.683. The van der Waals surface area contributed by atoms with Crippen molar-refractivity contribution in [3.63, 3.8) is 0 Å². The third kappa shape index (κ3) is 24.8. The summed E-state index contributed by atoms with van der Waals surface area (Å²) in [6.45, 7) is 8.45. The van der Waals surface area contributed by atoms with Gasteiger partial charge in [0.1, 0.15) is 34.2 Å². The van der Waals surface area contributed by atoms with E-state index in [4.69, 9.17) is 44.7 Å². The zero-order valence-electron chi connectivity index (χ0n) is 59.2. The number of nitro groups is 4. The normalized spacial score (nSPS) is 17.3. The number of aromatic nitrogens is 10. The molecule has 0 radical (unpaired) electrons. The van der Waals surface area contributed by atoms with Crippen LogP contribution in [0.4, 0.5) is 40.3 Å². The second-order valence-electron chi connectivity index (χ2n) is 27.4. The molecule has 5 aromatic rings. The lowest BCUT2D eigenvalue weighted by Gasteiger charge is -2.14. The number of hydrogen-bond donors (Lipinski definition) is 6. The Morgan fingerprint density at radius 1 is 0.490 bits per heavy atom. The molecule has 9 aliphatic carbocycles. The number of halogens is 2. The Labute approximate surface area is 612 Å². The molecule has 33 nitrogen and oxygen atoms in total. The lowest BCUT2D eigenvalue weighted by Crippen LogP contribution is -2.24. The summed E-state index contributed by atoms with van der Waals surface area (Å²) in [6.07, 6.45) is 22.9. The van der Waals surface area contributed by atoms with Crippen LogP contribution < -0.4 is 22.1 Å². The van der Waals surface area contributed by atoms with Crippen molar-refractivity contribution in [2.45, 2.75) is 191 Å². The second-order valence-corrected chi connectivity index (χ2v) is 31.6. The quantitative estimate of drug-likeness (QED) is 0.00710. The number of sulfone groups is 1. The molecule has 0 atom stereocenters. The lowest BCUT2D eigenvalue weighted by molar-refractivity contribution is -0.387. The molecule has 0 aliphatic heterocycles. The van der Waals surface area contributed by atoms with Crippen molar-refractivity contribution in [1.29, 1.82) is 0 Å². The van der Waals surface area contributed by atoms with Gasteiger partial charge in [-0.1, -0.05) is 66.5 Å². The Kier molecular flexibility index (Phi) is 29.4. The first kappa shape index (κ1) is 81.1. The van der Waals surface area contributed by atoms with Gasteiger partial charge in [0.05, 0.1) is 36.8 Å². The summed E-state index contributed by atoms with van der Waals surface area (Å²) >= 11 is 13.7. The Morgan fingerprint density at radius 3 is 1.00 bits per heavy atom. The molecule has 9 aliphatic rings. The molecule has 5 heterocycles. The molecule has 9 saturated carbocycles. The summed E-state index contributed by atoms with van der Waals surface area (Å²) in [5.74, 6) is 3.80. The second kappa shape index (κ2) is 36.9. The highest BCUT2D eigenvalue weighted by atomic mass is 35.5. The number of anilines is 3. The Morgan fingerprint density at radius 2 is 0.775 bits per heavy atom. The number of thioether (sulfide) groups is 2. The van der Waals surface area contributed by atoms with Crippen molar-refractivity contribution in [3.05, 3.63) is 96.3 Å². The minimum Gasteiger partial charge on any atom is -0.427 e. The van der Waals surface area contributed by atoms with E-state index in [9.17, 15) is 48.9 Å². The third-order valence-corrected chi connectivity index (χ3v) is 19.9. The van der Waals surface area contributed by atoms with Gasteiger partial charge < -0.3 is 46.8 Å². The number of likely N-dealkylation sites (N-methyl/N-ethyl adjacent to an activating group) is 3. The molecule has 558 valence electrons.